The number of carbonyl (C=O) groups is 1. The van der Waals surface area contributed by atoms with Gasteiger partial charge in [0.2, 0.25) is 0 Å². The lowest BCUT2D eigenvalue weighted by Crippen LogP contribution is -2.14. The van der Waals surface area contributed by atoms with Gasteiger partial charge in [-0.3, -0.25) is 4.98 Å². The third kappa shape index (κ3) is 6.42. The average Bonchev–Trinajstić information content (AvgIpc) is 2.72. The first-order valence-corrected chi connectivity index (χ1v) is 10.4. The van der Waals surface area contributed by atoms with Crippen molar-refractivity contribution in [3.63, 3.8) is 0 Å². The summed E-state index contributed by atoms with van der Waals surface area (Å²) in [6.45, 7) is 6.84. The molecule has 2 aromatic rings. The van der Waals surface area contributed by atoms with Crippen molar-refractivity contribution in [1.82, 2.24) is 4.98 Å². The predicted molar refractivity (Wildman–Crippen MR) is 113 cm³/mol. The van der Waals surface area contributed by atoms with E-state index in [1.165, 1.54) is 47.7 Å². The molecule has 3 heteroatoms. The lowest BCUT2D eigenvalue weighted by atomic mass is 9.81. The number of aryl methyl sites for hydroxylation is 1. The largest absolute Gasteiger partial charge is 0.396 e. The quantitative estimate of drug-likeness (QED) is 0.714. The molecule has 0 aliphatic heterocycles. The van der Waals surface area contributed by atoms with Crippen LogP contribution in [-0.2, 0) is 17.6 Å². The number of aliphatic hydroxyl groups is 1. The highest BCUT2D eigenvalue weighted by Gasteiger charge is 2.19. The fourth-order valence-electron chi connectivity index (χ4n) is 4.13. The molecule has 1 atom stereocenters. The van der Waals surface area contributed by atoms with Gasteiger partial charge in [0.15, 0.2) is 0 Å². The molecule has 1 heterocycles. The summed E-state index contributed by atoms with van der Waals surface area (Å²) < 4.78 is 0. The van der Waals surface area contributed by atoms with Crippen LogP contribution in [0.2, 0.25) is 0 Å². The van der Waals surface area contributed by atoms with Gasteiger partial charge in [-0.2, -0.15) is 0 Å². The molecule has 27 heavy (non-hydrogen) atoms. The Hall–Kier alpha value is -1.74. The number of benzene rings is 1. The topological polar surface area (TPSA) is 50.2 Å². The highest BCUT2D eigenvalue weighted by Crippen LogP contribution is 2.30. The summed E-state index contributed by atoms with van der Waals surface area (Å²) >= 11 is 0. The Bertz CT molecular complexity index is 688. The summed E-state index contributed by atoms with van der Waals surface area (Å²) in [6, 6.07) is 9.05. The highest BCUT2D eigenvalue weighted by atomic mass is 16.3. The van der Waals surface area contributed by atoms with E-state index in [4.69, 9.17) is 9.78 Å². The van der Waals surface area contributed by atoms with Crippen LogP contribution in [0.4, 0.5) is 0 Å². The minimum atomic E-state index is 0.304. The second-order valence-electron chi connectivity index (χ2n) is 8.18. The Morgan fingerprint density at radius 3 is 2.56 bits per heavy atom. The molecule has 1 fully saturated rings. The van der Waals surface area contributed by atoms with E-state index < -0.39 is 0 Å². The summed E-state index contributed by atoms with van der Waals surface area (Å²) in [5, 5.41) is 11.9. The second-order valence-corrected chi connectivity index (χ2v) is 8.18. The van der Waals surface area contributed by atoms with Crippen molar-refractivity contribution in [2.45, 2.75) is 65.2 Å². The zero-order valence-electron chi connectivity index (χ0n) is 17.0. The molecule has 0 radical (unpaired) electrons. The second kappa shape index (κ2) is 11.2. The normalized spacial score (nSPS) is 20.7. The van der Waals surface area contributed by atoms with Gasteiger partial charge in [0.1, 0.15) is 6.79 Å². The van der Waals surface area contributed by atoms with E-state index in [2.05, 4.69) is 38.1 Å². The van der Waals surface area contributed by atoms with Crippen LogP contribution in [0.3, 0.4) is 0 Å². The lowest BCUT2D eigenvalue weighted by molar-refractivity contribution is -0.0979. The van der Waals surface area contributed by atoms with E-state index in [0.717, 1.165) is 37.5 Å². The Kier molecular flexibility index (Phi) is 8.93. The smallest absolute Gasteiger partial charge is 0.106 e. The molecule has 0 spiro atoms. The van der Waals surface area contributed by atoms with Crippen molar-refractivity contribution < 1.29 is 9.90 Å². The molecule has 1 N–H and O–H groups in total. The molecule has 1 aromatic heterocycles. The van der Waals surface area contributed by atoms with Crippen LogP contribution in [0, 0.1) is 17.8 Å². The van der Waals surface area contributed by atoms with Gasteiger partial charge in [0.05, 0.1) is 0 Å². The van der Waals surface area contributed by atoms with Crippen LogP contribution in [0.25, 0.3) is 10.8 Å². The summed E-state index contributed by atoms with van der Waals surface area (Å²) in [7, 11) is 0. The van der Waals surface area contributed by atoms with Gasteiger partial charge in [-0.15, -0.1) is 0 Å². The summed E-state index contributed by atoms with van der Waals surface area (Å²) in [5.74, 6) is 2.16. The Balaban J connectivity index is 0.00000126. The molecular formula is C24H35NO2. The minimum Gasteiger partial charge on any atom is -0.396 e. The van der Waals surface area contributed by atoms with Gasteiger partial charge in [0, 0.05) is 23.9 Å². The van der Waals surface area contributed by atoms with Gasteiger partial charge in [0.25, 0.3) is 0 Å². The van der Waals surface area contributed by atoms with Gasteiger partial charge < -0.3 is 9.90 Å². The van der Waals surface area contributed by atoms with Crippen LogP contribution in [0.5, 0.6) is 0 Å². The Labute approximate surface area is 164 Å². The number of aromatic nitrogens is 1. The third-order valence-corrected chi connectivity index (χ3v) is 6.15. The maximum absolute atomic E-state index is 9.38. The molecule has 0 bridgehead atoms. The fraction of sp³-hybridized carbons (Fsp3) is 0.583. The van der Waals surface area contributed by atoms with E-state index in [1.54, 1.807) is 0 Å². The van der Waals surface area contributed by atoms with Gasteiger partial charge >= 0.3 is 0 Å². The number of carbonyl (C=O) groups excluding carboxylic acids is 1. The molecule has 0 saturated heterocycles. The third-order valence-electron chi connectivity index (χ3n) is 6.15. The Morgan fingerprint density at radius 1 is 1.15 bits per heavy atom. The molecule has 1 saturated carbocycles. The standard InChI is InChI=1S/C23H33NO.CH2O/c1-3-18(16-25)8-9-19-10-11-21-15-24-23(14-22(21)12-19)13-20-6-4-17(2)5-7-20;1-2/h10-12,14-15,17-18,20,25H,3-9,13,16H2,1-2H3;1H2/t17?,18-,20?;/m1./s1. The van der Waals surface area contributed by atoms with Crippen LogP contribution < -0.4 is 0 Å². The highest BCUT2D eigenvalue weighted by molar-refractivity contribution is 5.82. The van der Waals surface area contributed by atoms with Gasteiger partial charge in [-0.05, 0) is 66.9 Å². The van der Waals surface area contributed by atoms with Crippen LogP contribution in [0.1, 0.15) is 63.6 Å². The minimum absolute atomic E-state index is 0.304. The van der Waals surface area contributed by atoms with Crippen LogP contribution >= 0.6 is 0 Å². The van der Waals surface area contributed by atoms with E-state index in [-0.39, 0.29) is 0 Å². The number of hydrogen-bond acceptors (Lipinski definition) is 3. The summed E-state index contributed by atoms with van der Waals surface area (Å²) in [4.78, 5) is 12.7. The van der Waals surface area contributed by atoms with Crippen molar-refractivity contribution >= 4 is 17.6 Å². The zero-order valence-corrected chi connectivity index (χ0v) is 17.0. The number of nitrogens with zero attached hydrogens (tertiary/aromatic N) is 1. The van der Waals surface area contributed by atoms with Crippen LogP contribution in [-0.4, -0.2) is 23.5 Å². The molecule has 148 valence electrons. The van der Waals surface area contributed by atoms with Gasteiger partial charge in [-0.1, -0.05) is 51.3 Å². The first-order valence-electron chi connectivity index (χ1n) is 10.4. The molecule has 0 unspecified atom stereocenters. The van der Waals surface area contributed by atoms with Crippen molar-refractivity contribution in [1.29, 1.82) is 0 Å². The monoisotopic (exact) mass is 369 g/mol. The summed E-state index contributed by atoms with van der Waals surface area (Å²) in [5.41, 5.74) is 2.63. The first-order chi connectivity index (χ1) is 13.2. The Morgan fingerprint density at radius 2 is 1.89 bits per heavy atom. The molecule has 3 nitrogen and oxygen atoms in total. The molecule has 1 aliphatic carbocycles. The molecule has 0 amide bonds. The SMILES string of the molecule is C=O.CC[C@@H](CO)CCc1ccc2cnc(CC3CCC(C)CC3)cc2c1. The first kappa shape index (κ1) is 21.6. The van der Waals surface area contributed by atoms with Crippen molar-refractivity contribution in [3.05, 3.63) is 41.7 Å². The predicted octanol–water partition coefficient (Wildman–Crippen LogP) is 5.37. The maximum Gasteiger partial charge on any atom is 0.106 e. The maximum atomic E-state index is 9.38. The lowest BCUT2D eigenvalue weighted by Gasteiger charge is -2.25. The van der Waals surface area contributed by atoms with Crippen molar-refractivity contribution in [3.8, 4) is 0 Å². The fourth-order valence-corrected chi connectivity index (χ4v) is 4.13. The van der Waals surface area contributed by atoms with Gasteiger partial charge in [-0.25, -0.2) is 0 Å². The molecule has 3 rings (SSSR count). The number of rotatable bonds is 7. The van der Waals surface area contributed by atoms with Crippen molar-refractivity contribution in [2.75, 3.05) is 6.61 Å². The molecule has 1 aromatic carbocycles. The van der Waals surface area contributed by atoms with E-state index in [0.29, 0.717) is 12.5 Å². The number of aliphatic hydroxyl groups excluding tert-OH is 1. The number of hydrogen-bond donors (Lipinski definition) is 1. The molecular weight excluding hydrogens is 334 g/mol. The summed E-state index contributed by atoms with van der Waals surface area (Å²) in [6.07, 6.45) is 11.8. The molecule has 1 aliphatic rings. The van der Waals surface area contributed by atoms with Crippen molar-refractivity contribution in [2.24, 2.45) is 17.8 Å². The van der Waals surface area contributed by atoms with E-state index in [9.17, 15) is 5.11 Å². The zero-order chi connectivity index (χ0) is 19.6. The number of pyridine rings is 1. The van der Waals surface area contributed by atoms with Crippen LogP contribution in [0.15, 0.2) is 30.5 Å². The average molecular weight is 370 g/mol. The number of fused-ring (bicyclic) bond motifs is 1. The van der Waals surface area contributed by atoms with E-state index in [1.807, 2.05) is 13.0 Å². The van der Waals surface area contributed by atoms with E-state index >= 15 is 0 Å².